The predicted molar refractivity (Wildman–Crippen MR) is 93.8 cm³/mol. The normalized spacial score (nSPS) is 16.1. The fraction of sp³-hybridized carbons (Fsp3) is 0.526. The van der Waals surface area contributed by atoms with Crippen LogP contribution < -0.4 is 4.90 Å². The maximum Gasteiger partial charge on any atom is 0.416 e. The zero-order chi connectivity index (χ0) is 18.8. The average Bonchev–Trinajstić information content (AvgIpc) is 2.60. The van der Waals surface area contributed by atoms with Crippen LogP contribution in [-0.4, -0.2) is 37.0 Å². The van der Waals surface area contributed by atoms with Gasteiger partial charge in [0.2, 0.25) is 5.91 Å². The van der Waals surface area contributed by atoms with Crippen LogP contribution in [0.4, 0.5) is 18.9 Å². The molecule has 1 fully saturated rings. The van der Waals surface area contributed by atoms with Crippen LogP contribution in [0.1, 0.15) is 38.3 Å². The largest absolute Gasteiger partial charge is 0.416 e. The summed E-state index contributed by atoms with van der Waals surface area (Å²) in [5.74, 6) is -0.111. The summed E-state index contributed by atoms with van der Waals surface area (Å²) in [5, 5.41) is 0. The van der Waals surface area contributed by atoms with E-state index >= 15 is 0 Å². The first-order valence-electron chi connectivity index (χ1n) is 8.48. The van der Waals surface area contributed by atoms with Gasteiger partial charge < -0.3 is 9.80 Å². The van der Waals surface area contributed by atoms with E-state index in [0.717, 1.165) is 5.69 Å². The molecule has 1 heterocycles. The highest BCUT2D eigenvalue weighted by Gasteiger charge is 2.37. The zero-order valence-electron chi connectivity index (χ0n) is 15.0. The Morgan fingerprint density at radius 2 is 1.76 bits per heavy atom. The molecule has 1 aromatic carbocycles. The Labute approximate surface area is 147 Å². The third-order valence-electron chi connectivity index (χ3n) is 5.05. The fourth-order valence-corrected chi connectivity index (χ4v) is 3.04. The molecule has 1 saturated heterocycles. The molecule has 3 nitrogen and oxygen atoms in total. The van der Waals surface area contributed by atoms with Crippen LogP contribution in [0.3, 0.4) is 0 Å². The Bertz CT molecular complexity index is 645. The number of hydrogen-bond acceptors (Lipinski definition) is 2. The number of benzene rings is 1. The van der Waals surface area contributed by atoms with Crippen molar-refractivity contribution >= 4 is 11.6 Å². The van der Waals surface area contributed by atoms with Gasteiger partial charge in [0.05, 0.1) is 5.56 Å². The molecule has 0 radical (unpaired) electrons. The van der Waals surface area contributed by atoms with E-state index in [1.54, 1.807) is 11.0 Å². The number of hydrogen-bond donors (Lipinski definition) is 0. The maximum absolute atomic E-state index is 13.4. The van der Waals surface area contributed by atoms with Gasteiger partial charge in [0.15, 0.2) is 0 Å². The molecule has 1 aliphatic heterocycles. The van der Waals surface area contributed by atoms with Gasteiger partial charge in [0.1, 0.15) is 0 Å². The highest BCUT2D eigenvalue weighted by molar-refractivity contribution is 5.87. The van der Waals surface area contributed by atoms with Crippen molar-refractivity contribution in [1.82, 2.24) is 4.90 Å². The molecule has 0 N–H and O–H groups in total. The minimum absolute atomic E-state index is 0.111. The molecule has 1 aromatic rings. The van der Waals surface area contributed by atoms with Crippen molar-refractivity contribution in [2.75, 3.05) is 31.1 Å². The third kappa shape index (κ3) is 4.17. The smallest absolute Gasteiger partial charge is 0.368 e. The first-order chi connectivity index (χ1) is 11.6. The van der Waals surface area contributed by atoms with E-state index in [2.05, 4.69) is 6.58 Å². The van der Waals surface area contributed by atoms with E-state index in [4.69, 9.17) is 0 Å². The Kier molecular flexibility index (Phi) is 5.49. The molecule has 0 spiro atoms. The van der Waals surface area contributed by atoms with E-state index in [1.165, 1.54) is 18.2 Å². The lowest BCUT2D eigenvalue weighted by Crippen LogP contribution is -2.48. The average molecular weight is 354 g/mol. The van der Waals surface area contributed by atoms with Crippen LogP contribution in [0.2, 0.25) is 0 Å². The second-order valence-corrected chi connectivity index (χ2v) is 6.98. The minimum atomic E-state index is -4.37. The first-order valence-corrected chi connectivity index (χ1v) is 8.48. The van der Waals surface area contributed by atoms with Crippen molar-refractivity contribution in [2.24, 2.45) is 0 Å². The summed E-state index contributed by atoms with van der Waals surface area (Å²) >= 11 is 0. The molecule has 0 unspecified atom stereocenters. The molecule has 6 heteroatoms. The Balaban J connectivity index is 2.31. The molecule has 2 rings (SSSR count). The summed E-state index contributed by atoms with van der Waals surface area (Å²) in [6, 6.07) is 4.38. The molecule has 0 atom stereocenters. The number of anilines is 1. The Hall–Kier alpha value is -1.98. The van der Waals surface area contributed by atoms with Gasteiger partial charge in [0.25, 0.3) is 0 Å². The van der Waals surface area contributed by atoms with Gasteiger partial charge in [0, 0.05) is 31.9 Å². The maximum atomic E-state index is 13.4. The summed E-state index contributed by atoms with van der Waals surface area (Å²) < 4.78 is 40.2. The van der Waals surface area contributed by atoms with Gasteiger partial charge in [-0.05, 0) is 41.7 Å². The Morgan fingerprint density at radius 1 is 1.16 bits per heavy atom. The number of piperazine rings is 1. The molecular weight excluding hydrogens is 329 g/mol. The van der Waals surface area contributed by atoms with Gasteiger partial charge in [-0.3, -0.25) is 4.79 Å². The molecule has 0 saturated carbocycles. The summed E-state index contributed by atoms with van der Waals surface area (Å²) in [7, 11) is 0. The van der Waals surface area contributed by atoms with Crippen LogP contribution in [0.15, 0.2) is 30.9 Å². The third-order valence-corrected chi connectivity index (χ3v) is 5.05. The van der Waals surface area contributed by atoms with E-state index in [-0.39, 0.29) is 5.91 Å². The van der Waals surface area contributed by atoms with Gasteiger partial charge in [-0.25, -0.2) is 0 Å². The summed E-state index contributed by atoms with van der Waals surface area (Å²) in [6.07, 6.45) is -2.47. The quantitative estimate of drug-likeness (QED) is 0.756. The van der Waals surface area contributed by atoms with Crippen molar-refractivity contribution in [3.63, 3.8) is 0 Å². The Morgan fingerprint density at radius 3 is 2.24 bits per heavy atom. The number of nitrogens with zero attached hydrogens (tertiary/aromatic N) is 2. The standard InChI is InChI=1S/C19H25F3N2O/c1-5-17(25)24-11-9-23(10-12-24)14-7-8-15(19(20,21)22)16(13-14)18(3,4)6-2/h5,7-8,13H,1,6,9-12H2,2-4H3. The number of halogens is 3. The molecule has 0 aliphatic carbocycles. The molecule has 1 amide bonds. The second kappa shape index (κ2) is 7.10. The van der Waals surface area contributed by atoms with Crippen LogP contribution in [0.5, 0.6) is 0 Å². The van der Waals surface area contributed by atoms with Crippen LogP contribution in [0.25, 0.3) is 0 Å². The topological polar surface area (TPSA) is 23.6 Å². The minimum Gasteiger partial charge on any atom is -0.368 e. The van der Waals surface area contributed by atoms with E-state index in [0.29, 0.717) is 38.2 Å². The second-order valence-electron chi connectivity index (χ2n) is 6.98. The zero-order valence-corrected chi connectivity index (χ0v) is 15.0. The van der Waals surface area contributed by atoms with Crippen LogP contribution in [0, 0.1) is 0 Å². The molecule has 1 aliphatic rings. The molecular formula is C19H25F3N2O. The number of carbonyl (C=O) groups is 1. The van der Waals surface area contributed by atoms with Crippen LogP contribution >= 0.6 is 0 Å². The van der Waals surface area contributed by atoms with Gasteiger partial charge in [-0.1, -0.05) is 27.4 Å². The van der Waals surface area contributed by atoms with E-state index in [9.17, 15) is 18.0 Å². The van der Waals surface area contributed by atoms with Crippen molar-refractivity contribution in [3.8, 4) is 0 Å². The number of carbonyl (C=O) groups excluding carboxylic acids is 1. The van der Waals surface area contributed by atoms with Gasteiger partial charge in [-0.2, -0.15) is 13.2 Å². The summed E-state index contributed by atoms with van der Waals surface area (Å²) in [5.41, 5.74) is -0.0370. The molecule has 25 heavy (non-hydrogen) atoms. The van der Waals surface area contributed by atoms with Crippen molar-refractivity contribution in [2.45, 2.75) is 38.8 Å². The van der Waals surface area contributed by atoms with Gasteiger partial charge in [-0.15, -0.1) is 0 Å². The lowest BCUT2D eigenvalue weighted by Gasteiger charge is -2.37. The summed E-state index contributed by atoms with van der Waals surface area (Å²) in [6.45, 7) is 11.3. The van der Waals surface area contributed by atoms with Crippen molar-refractivity contribution in [3.05, 3.63) is 42.0 Å². The lowest BCUT2D eigenvalue weighted by molar-refractivity contribution is -0.138. The van der Waals surface area contributed by atoms with Crippen molar-refractivity contribution < 1.29 is 18.0 Å². The number of rotatable bonds is 4. The summed E-state index contributed by atoms with van der Waals surface area (Å²) in [4.78, 5) is 15.4. The monoisotopic (exact) mass is 354 g/mol. The number of amides is 1. The van der Waals surface area contributed by atoms with E-state index in [1.807, 2.05) is 25.7 Å². The SMILES string of the molecule is C=CC(=O)N1CCN(c2ccc(C(F)(F)F)c(C(C)(C)CC)c2)CC1. The fourth-order valence-electron chi connectivity index (χ4n) is 3.04. The molecule has 138 valence electrons. The molecule has 0 aromatic heterocycles. The lowest BCUT2D eigenvalue weighted by atomic mass is 9.79. The van der Waals surface area contributed by atoms with E-state index < -0.39 is 17.2 Å². The van der Waals surface area contributed by atoms with Crippen molar-refractivity contribution in [1.29, 1.82) is 0 Å². The predicted octanol–water partition coefficient (Wildman–Crippen LogP) is 4.23. The van der Waals surface area contributed by atoms with Crippen LogP contribution in [-0.2, 0) is 16.4 Å². The number of alkyl halides is 3. The van der Waals surface area contributed by atoms with Gasteiger partial charge >= 0.3 is 6.18 Å². The highest BCUT2D eigenvalue weighted by Crippen LogP contribution is 2.40. The first kappa shape index (κ1) is 19.3. The highest BCUT2D eigenvalue weighted by atomic mass is 19.4. The molecule has 0 bridgehead atoms.